The molecular formula is C22H22Cl2N2O4S2. The third kappa shape index (κ3) is 5.63. The molecule has 0 saturated heterocycles. The van der Waals surface area contributed by atoms with Gasteiger partial charge in [0, 0.05) is 16.6 Å². The number of unbranched alkanes of at least 4 members (excludes halogenated alkanes) is 1. The summed E-state index contributed by atoms with van der Waals surface area (Å²) in [6.45, 7) is 2.26. The summed E-state index contributed by atoms with van der Waals surface area (Å²) in [6, 6.07) is 17.8. The maximum absolute atomic E-state index is 13.6. The highest BCUT2D eigenvalue weighted by atomic mass is 35.5. The minimum absolute atomic E-state index is 0.00572. The number of halogens is 2. The second-order valence-corrected chi connectivity index (χ2v) is 11.4. The summed E-state index contributed by atoms with van der Waals surface area (Å²) in [4.78, 5) is -0.0254. The molecule has 10 heteroatoms. The van der Waals surface area contributed by atoms with E-state index in [2.05, 4.69) is 4.72 Å². The average molecular weight is 513 g/mol. The first-order valence-electron chi connectivity index (χ1n) is 9.81. The van der Waals surface area contributed by atoms with Crippen LogP contribution in [-0.2, 0) is 20.0 Å². The lowest BCUT2D eigenvalue weighted by Crippen LogP contribution is -2.27. The molecule has 170 valence electrons. The molecule has 3 aromatic carbocycles. The summed E-state index contributed by atoms with van der Waals surface area (Å²) in [6.07, 6.45) is 1.53. The van der Waals surface area contributed by atoms with Gasteiger partial charge in [0.1, 0.15) is 0 Å². The van der Waals surface area contributed by atoms with Gasteiger partial charge in [0.25, 0.3) is 10.0 Å². The van der Waals surface area contributed by atoms with Gasteiger partial charge in [-0.25, -0.2) is 25.9 Å². The molecule has 0 amide bonds. The van der Waals surface area contributed by atoms with Crippen molar-refractivity contribution in [2.75, 3.05) is 10.8 Å². The molecule has 1 N–H and O–H groups in total. The van der Waals surface area contributed by atoms with Gasteiger partial charge in [-0.1, -0.05) is 42.6 Å². The van der Waals surface area contributed by atoms with Crippen LogP contribution in [0.3, 0.4) is 0 Å². The topological polar surface area (TPSA) is 83.6 Å². The molecule has 0 aliphatic rings. The quantitative estimate of drug-likeness (QED) is 0.378. The maximum Gasteiger partial charge on any atom is 0.268 e. The van der Waals surface area contributed by atoms with E-state index < -0.39 is 20.0 Å². The summed E-state index contributed by atoms with van der Waals surface area (Å²) < 4.78 is 56.2. The van der Waals surface area contributed by atoms with Crippen LogP contribution >= 0.6 is 23.2 Å². The van der Waals surface area contributed by atoms with Gasteiger partial charge < -0.3 is 0 Å². The minimum atomic E-state index is -4.10. The number of nitrogens with zero attached hydrogens (tertiary/aromatic N) is 1. The lowest BCUT2D eigenvalue weighted by atomic mass is 10.2. The smallest absolute Gasteiger partial charge is 0.234 e. The Morgan fingerprint density at radius 1 is 0.781 bits per heavy atom. The van der Waals surface area contributed by atoms with Crippen molar-refractivity contribution >= 4 is 54.6 Å². The van der Waals surface area contributed by atoms with Gasteiger partial charge in [-0.15, -0.1) is 0 Å². The highest BCUT2D eigenvalue weighted by Gasteiger charge is 2.28. The van der Waals surface area contributed by atoms with E-state index in [-0.39, 0.29) is 15.5 Å². The van der Waals surface area contributed by atoms with Crippen molar-refractivity contribution < 1.29 is 16.8 Å². The van der Waals surface area contributed by atoms with E-state index in [0.717, 1.165) is 10.7 Å². The molecule has 0 fully saturated rings. The second-order valence-electron chi connectivity index (χ2n) is 6.95. The molecule has 3 rings (SSSR count). The van der Waals surface area contributed by atoms with E-state index in [1.54, 1.807) is 24.3 Å². The van der Waals surface area contributed by atoms with Gasteiger partial charge in [-0.3, -0.25) is 0 Å². The standard InChI is InChI=1S/C22H22Cl2N2O4S2/c1-2-3-15-25-31(27,28)22-6-4-5-20(16-22)26(19-11-7-17(23)8-12-19)32(29,30)21-13-9-18(24)10-14-21/h4-14,16,25H,2-3,15H2,1H3. The fraction of sp³-hybridized carbons (Fsp3) is 0.182. The van der Waals surface area contributed by atoms with Crippen LogP contribution in [0.15, 0.2) is 82.6 Å². The normalized spacial score (nSPS) is 12.0. The number of benzene rings is 3. The fourth-order valence-corrected chi connectivity index (χ4v) is 5.81. The number of sulfonamides is 2. The number of anilines is 2. The van der Waals surface area contributed by atoms with Crippen molar-refractivity contribution in [2.24, 2.45) is 0 Å². The zero-order valence-corrected chi connectivity index (χ0v) is 20.3. The molecule has 6 nitrogen and oxygen atoms in total. The highest BCUT2D eigenvalue weighted by Crippen LogP contribution is 2.34. The Labute approximate surface area is 198 Å². The average Bonchev–Trinajstić information content (AvgIpc) is 2.76. The van der Waals surface area contributed by atoms with Gasteiger partial charge in [0.15, 0.2) is 0 Å². The van der Waals surface area contributed by atoms with Crippen LogP contribution in [-0.4, -0.2) is 23.4 Å². The van der Waals surface area contributed by atoms with E-state index >= 15 is 0 Å². The molecule has 0 aromatic heterocycles. The van der Waals surface area contributed by atoms with Crippen molar-refractivity contribution in [3.05, 3.63) is 82.8 Å². The molecule has 0 aliphatic carbocycles. The minimum Gasteiger partial charge on any atom is -0.234 e. The molecule has 32 heavy (non-hydrogen) atoms. The Morgan fingerprint density at radius 2 is 1.38 bits per heavy atom. The van der Waals surface area contributed by atoms with Crippen LogP contribution in [0.5, 0.6) is 0 Å². The molecule has 0 bridgehead atoms. The third-order valence-electron chi connectivity index (χ3n) is 4.60. The van der Waals surface area contributed by atoms with Gasteiger partial charge in [-0.2, -0.15) is 0 Å². The monoisotopic (exact) mass is 512 g/mol. The van der Waals surface area contributed by atoms with E-state index in [4.69, 9.17) is 23.2 Å². The molecule has 0 aliphatic heterocycles. The van der Waals surface area contributed by atoms with Crippen LogP contribution in [0.25, 0.3) is 0 Å². The fourth-order valence-electron chi connectivity index (χ4n) is 2.96. The predicted molar refractivity (Wildman–Crippen MR) is 129 cm³/mol. The van der Waals surface area contributed by atoms with E-state index in [9.17, 15) is 16.8 Å². The SMILES string of the molecule is CCCCNS(=O)(=O)c1cccc(N(c2ccc(Cl)cc2)S(=O)(=O)c2ccc(Cl)cc2)c1. The number of hydrogen-bond acceptors (Lipinski definition) is 4. The lowest BCUT2D eigenvalue weighted by molar-refractivity contribution is 0.578. The van der Waals surface area contributed by atoms with Crippen molar-refractivity contribution in [3.8, 4) is 0 Å². The molecule has 3 aromatic rings. The van der Waals surface area contributed by atoms with E-state index in [1.165, 1.54) is 48.5 Å². The van der Waals surface area contributed by atoms with Gasteiger partial charge in [-0.05, 0) is 73.2 Å². The van der Waals surface area contributed by atoms with E-state index in [1.807, 2.05) is 6.92 Å². The molecule has 0 atom stereocenters. The Morgan fingerprint density at radius 3 is 1.97 bits per heavy atom. The van der Waals surface area contributed by atoms with Crippen molar-refractivity contribution in [3.63, 3.8) is 0 Å². The van der Waals surface area contributed by atoms with Gasteiger partial charge in [0.2, 0.25) is 10.0 Å². The Hall–Kier alpha value is -2.10. The number of rotatable bonds is 9. The summed E-state index contributed by atoms with van der Waals surface area (Å²) in [7, 11) is -7.91. The van der Waals surface area contributed by atoms with Crippen molar-refractivity contribution in [2.45, 2.75) is 29.6 Å². The van der Waals surface area contributed by atoms with Gasteiger partial charge in [0.05, 0.1) is 21.2 Å². The van der Waals surface area contributed by atoms with E-state index in [0.29, 0.717) is 28.7 Å². The van der Waals surface area contributed by atoms with Crippen molar-refractivity contribution in [1.29, 1.82) is 0 Å². The predicted octanol–water partition coefficient (Wildman–Crippen LogP) is 5.60. The largest absolute Gasteiger partial charge is 0.268 e. The Balaban J connectivity index is 2.13. The summed E-state index contributed by atoms with van der Waals surface area (Å²) in [5.41, 5.74) is 0.471. The van der Waals surface area contributed by atoms with Crippen LogP contribution in [0.2, 0.25) is 10.0 Å². The molecule has 0 spiro atoms. The maximum atomic E-state index is 13.6. The molecule has 0 heterocycles. The van der Waals surface area contributed by atoms with Gasteiger partial charge >= 0.3 is 0 Å². The Kier molecular flexibility index (Phi) is 7.84. The zero-order chi connectivity index (χ0) is 23.4. The molecule has 0 unspecified atom stereocenters. The zero-order valence-electron chi connectivity index (χ0n) is 17.2. The summed E-state index contributed by atoms with van der Waals surface area (Å²) in [5.74, 6) is 0. The second kappa shape index (κ2) is 10.2. The highest BCUT2D eigenvalue weighted by molar-refractivity contribution is 7.93. The first-order chi connectivity index (χ1) is 15.1. The Bertz CT molecular complexity index is 1280. The molecule has 0 saturated carbocycles. The number of nitrogens with one attached hydrogen (secondary N) is 1. The summed E-state index contributed by atoms with van der Waals surface area (Å²) in [5, 5.41) is 0.835. The first kappa shape index (κ1) is 24.5. The molecular weight excluding hydrogens is 491 g/mol. The first-order valence-corrected chi connectivity index (χ1v) is 13.5. The number of hydrogen-bond donors (Lipinski definition) is 1. The molecule has 0 radical (unpaired) electrons. The van der Waals surface area contributed by atoms with Crippen LogP contribution in [0, 0.1) is 0 Å². The third-order valence-corrected chi connectivity index (χ3v) is 8.33. The van der Waals surface area contributed by atoms with Crippen LogP contribution in [0.4, 0.5) is 11.4 Å². The lowest BCUT2D eigenvalue weighted by Gasteiger charge is -2.25. The van der Waals surface area contributed by atoms with Crippen molar-refractivity contribution in [1.82, 2.24) is 4.72 Å². The van der Waals surface area contributed by atoms with Crippen LogP contribution in [0.1, 0.15) is 19.8 Å². The van der Waals surface area contributed by atoms with Crippen LogP contribution < -0.4 is 9.03 Å². The summed E-state index contributed by atoms with van der Waals surface area (Å²) >= 11 is 11.9.